The van der Waals surface area contributed by atoms with E-state index in [-0.39, 0.29) is 5.92 Å². The summed E-state index contributed by atoms with van der Waals surface area (Å²) >= 11 is 4.85. The lowest BCUT2D eigenvalue weighted by Gasteiger charge is -2.14. The van der Waals surface area contributed by atoms with E-state index in [0.717, 1.165) is 9.61 Å². The molecule has 0 unspecified atom stereocenters. The van der Waals surface area contributed by atoms with Crippen LogP contribution in [0.25, 0.3) is 17.2 Å². The number of thiazole rings is 1. The monoisotopic (exact) mass is 440 g/mol. The average Bonchev–Trinajstić information content (AvgIpc) is 3.25. The van der Waals surface area contributed by atoms with Crippen LogP contribution in [0.2, 0.25) is 0 Å². The number of halogens is 1. The van der Waals surface area contributed by atoms with Crippen molar-refractivity contribution in [2.24, 2.45) is 0 Å². The summed E-state index contributed by atoms with van der Waals surface area (Å²) in [6, 6.07) is 16.6. The maximum Gasteiger partial charge on any atom is 0.407 e. The molecule has 1 aliphatic rings. The minimum atomic E-state index is -0.416. The lowest BCUT2D eigenvalue weighted by Crippen LogP contribution is -2.26. The van der Waals surface area contributed by atoms with E-state index in [9.17, 15) is 4.79 Å². The van der Waals surface area contributed by atoms with Gasteiger partial charge in [-0.2, -0.15) is 0 Å². The molecule has 27 heavy (non-hydrogen) atoms. The number of amides is 1. The largest absolute Gasteiger partial charge is 0.449 e. The fourth-order valence-corrected chi connectivity index (χ4v) is 4.30. The summed E-state index contributed by atoms with van der Waals surface area (Å²) < 4.78 is 6.33. The van der Waals surface area contributed by atoms with Crippen molar-refractivity contribution in [2.75, 3.05) is 13.2 Å². The van der Waals surface area contributed by atoms with E-state index >= 15 is 0 Å². The molecule has 0 radical (unpaired) electrons. The van der Waals surface area contributed by atoms with Crippen LogP contribution in [0.5, 0.6) is 0 Å². The normalized spacial score (nSPS) is 12.8. The molecule has 2 aromatic carbocycles. The van der Waals surface area contributed by atoms with Crippen LogP contribution in [-0.4, -0.2) is 24.2 Å². The van der Waals surface area contributed by atoms with E-state index in [1.54, 1.807) is 0 Å². The number of carbonyl (C=O) groups is 1. The van der Waals surface area contributed by atoms with Gasteiger partial charge in [-0.3, -0.25) is 0 Å². The highest BCUT2D eigenvalue weighted by Gasteiger charge is 2.28. The maximum atomic E-state index is 12.1. The molecule has 0 atom stereocenters. The zero-order valence-corrected chi connectivity index (χ0v) is 16.8. The van der Waals surface area contributed by atoms with E-state index in [1.165, 1.54) is 33.6 Å². The number of hydrogen-bond acceptors (Lipinski definition) is 4. The smallest absolute Gasteiger partial charge is 0.407 e. The third kappa shape index (κ3) is 3.96. The molecule has 0 fully saturated rings. The highest BCUT2D eigenvalue weighted by atomic mass is 79.9. The molecule has 1 aromatic heterocycles. The summed E-state index contributed by atoms with van der Waals surface area (Å²) in [5.41, 5.74) is 5.72. The number of fused-ring (bicyclic) bond motifs is 3. The van der Waals surface area contributed by atoms with Crippen LogP contribution in [0.3, 0.4) is 0 Å². The van der Waals surface area contributed by atoms with E-state index < -0.39 is 6.09 Å². The Hall–Kier alpha value is -2.44. The van der Waals surface area contributed by atoms with Gasteiger partial charge >= 0.3 is 6.09 Å². The van der Waals surface area contributed by atoms with E-state index in [1.807, 2.05) is 41.8 Å². The molecule has 4 rings (SSSR count). The fourth-order valence-electron chi connectivity index (χ4n) is 3.31. The average molecular weight is 441 g/mol. The van der Waals surface area contributed by atoms with E-state index in [2.05, 4.69) is 50.5 Å². The molecule has 136 valence electrons. The highest BCUT2D eigenvalue weighted by molar-refractivity contribution is 9.11. The minimum absolute atomic E-state index is 0.0750. The molecule has 0 spiro atoms. The third-order valence-electron chi connectivity index (χ3n) is 4.49. The van der Waals surface area contributed by atoms with Crippen LogP contribution < -0.4 is 5.32 Å². The summed E-state index contributed by atoms with van der Waals surface area (Å²) in [5.74, 6) is 0.0750. The van der Waals surface area contributed by atoms with Gasteiger partial charge < -0.3 is 10.1 Å². The zero-order valence-electron chi connectivity index (χ0n) is 14.4. The van der Waals surface area contributed by atoms with Crippen LogP contribution in [0, 0.1) is 0 Å². The van der Waals surface area contributed by atoms with Gasteiger partial charge in [-0.1, -0.05) is 54.6 Å². The molecule has 0 bridgehead atoms. The second-order valence-corrected chi connectivity index (χ2v) is 8.27. The summed E-state index contributed by atoms with van der Waals surface area (Å²) in [5, 5.41) is 4.69. The van der Waals surface area contributed by atoms with Gasteiger partial charge in [0.2, 0.25) is 0 Å². The molecular formula is C21H17BrN2O2S. The molecule has 1 amide bonds. The number of alkyl carbamates (subject to hydrolysis) is 1. The zero-order chi connectivity index (χ0) is 18.6. The fraction of sp³-hybridized carbons (Fsp3) is 0.143. The first-order chi connectivity index (χ1) is 13.2. The predicted molar refractivity (Wildman–Crippen MR) is 112 cm³/mol. The van der Waals surface area contributed by atoms with Gasteiger partial charge in [0.1, 0.15) is 6.61 Å². The summed E-state index contributed by atoms with van der Waals surface area (Å²) in [6.07, 6.45) is 3.30. The maximum absolute atomic E-state index is 12.1. The van der Waals surface area contributed by atoms with Gasteiger partial charge in [0.05, 0.1) is 5.69 Å². The first-order valence-corrected chi connectivity index (χ1v) is 10.3. The Morgan fingerprint density at radius 3 is 2.44 bits per heavy atom. The number of nitrogens with zero attached hydrogens (tertiary/aromatic N) is 1. The Morgan fingerprint density at radius 2 is 1.81 bits per heavy atom. The lowest BCUT2D eigenvalue weighted by molar-refractivity contribution is 0.144. The van der Waals surface area contributed by atoms with Gasteiger partial charge in [0, 0.05) is 17.8 Å². The van der Waals surface area contributed by atoms with Crippen molar-refractivity contribution in [3.63, 3.8) is 0 Å². The molecule has 0 saturated heterocycles. The number of benzene rings is 2. The molecule has 3 aromatic rings. The Balaban J connectivity index is 1.34. The number of carbonyl (C=O) groups excluding carboxylic acids is 1. The van der Waals surface area contributed by atoms with Gasteiger partial charge in [-0.15, -0.1) is 11.3 Å². The van der Waals surface area contributed by atoms with Crippen molar-refractivity contribution >= 4 is 39.4 Å². The SMILES string of the molecule is O=C(NCC=Cc1csc(Br)n1)OCC1c2ccccc2-c2ccccc21. The standard InChI is InChI=1S/C21H17BrN2O2S/c22-20-24-14(13-27-20)6-5-11-23-21(25)26-12-19-17-9-3-1-7-15(17)16-8-2-4-10-18(16)19/h1-10,13,19H,11-12H2,(H,23,25). The number of hydrogen-bond donors (Lipinski definition) is 1. The summed E-state index contributed by atoms with van der Waals surface area (Å²) in [6.45, 7) is 0.717. The number of aromatic nitrogens is 1. The van der Waals surface area contributed by atoms with E-state index in [0.29, 0.717) is 13.2 Å². The number of nitrogens with one attached hydrogen (secondary N) is 1. The van der Waals surface area contributed by atoms with Crippen molar-refractivity contribution in [1.29, 1.82) is 0 Å². The van der Waals surface area contributed by atoms with Crippen molar-refractivity contribution < 1.29 is 9.53 Å². The van der Waals surface area contributed by atoms with Gasteiger partial charge in [0.25, 0.3) is 0 Å². The number of rotatable bonds is 5. The highest BCUT2D eigenvalue weighted by Crippen LogP contribution is 2.44. The second kappa shape index (κ2) is 8.06. The lowest BCUT2D eigenvalue weighted by atomic mass is 9.98. The molecule has 1 aliphatic carbocycles. The molecule has 6 heteroatoms. The quantitative estimate of drug-likeness (QED) is 0.572. The van der Waals surface area contributed by atoms with Crippen molar-refractivity contribution in [3.05, 3.63) is 80.7 Å². The third-order valence-corrected chi connectivity index (χ3v) is 5.87. The Bertz CT molecular complexity index is 954. The molecule has 4 nitrogen and oxygen atoms in total. The first kappa shape index (κ1) is 17.9. The molecule has 1 heterocycles. The van der Waals surface area contributed by atoms with Crippen LogP contribution in [0.4, 0.5) is 4.79 Å². The number of ether oxygens (including phenoxy) is 1. The van der Waals surface area contributed by atoms with Crippen molar-refractivity contribution in [3.8, 4) is 11.1 Å². The van der Waals surface area contributed by atoms with Crippen molar-refractivity contribution in [1.82, 2.24) is 10.3 Å². The molecule has 0 saturated carbocycles. The predicted octanol–water partition coefficient (Wildman–Crippen LogP) is 5.46. The molecule has 1 N–H and O–H groups in total. The second-order valence-electron chi connectivity index (χ2n) is 6.13. The molecular weight excluding hydrogens is 424 g/mol. The van der Waals surface area contributed by atoms with Gasteiger partial charge in [0.15, 0.2) is 3.92 Å². The Labute approximate surface area is 170 Å². The van der Waals surface area contributed by atoms with Gasteiger partial charge in [-0.25, -0.2) is 9.78 Å². The van der Waals surface area contributed by atoms with Crippen LogP contribution in [-0.2, 0) is 4.74 Å². The minimum Gasteiger partial charge on any atom is -0.449 e. The first-order valence-electron chi connectivity index (χ1n) is 8.59. The molecule has 0 aliphatic heterocycles. The summed E-state index contributed by atoms with van der Waals surface area (Å²) in [7, 11) is 0. The van der Waals surface area contributed by atoms with E-state index in [4.69, 9.17) is 4.74 Å². The summed E-state index contributed by atoms with van der Waals surface area (Å²) in [4.78, 5) is 16.3. The van der Waals surface area contributed by atoms with Crippen LogP contribution >= 0.6 is 27.3 Å². The van der Waals surface area contributed by atoms with Gasteiger partial charge in [-0.05, 0) is 44.3 Å². The van der Waals surface area contributed by atoms with Crippen LogP contribution in [0.15, 0.2) is 63.9 Å². The Morgan fingerprint density at radius 1 is 1.15 bits per heavy atom. The van der Waals surface area contributed by atoms with Crippen molar-refractivity contribution in [2.45, 2.75) is 5.92 Å². The van der Waals surface area contributed by atoms with Crippen LogP contribution in [0.1, 0.15) is 22.7 Å². The topological polar surface area (TPSA) is 51.2 Å². The Kier molecular flexibility index (Phi) is 5.36.